The molecule has 1 amide bonds. The smallest absolute Gasteiger partial charge is 0.226 e. The van der Waals surface area contributed by atoms with Crippen molar-refractivity contribution in [2.45, 2.75) is 53.4 Å². The van der Waals surface area contributed by atoms with E-state index in [9.17, 15) is 9.90 Å². The Labute approximate surface area is 122 Å². The van der Waals surface area contributed by atoms with Gasteiger partial charge in [-0.05, 0) is 30.9 Å². The minimum atomic E-state index is 0.108. The fourth-order valence-electron chi connectivity index (χ4n) is 2.34. The van der Waals surface area contributed by atoms with Crippen molar-refractivity contribution in [2.24, 2.45) is 5.92 Å². The molecule has 112 valence electrons. The predicted octanol–water partition coefficient (Wildman–Crippen LogP) is 4.27. The van der Waals surface area contributed by atoms with E-state index in [2.05, 4.69) is 13.8 Å². The Balaban J connectivity index is 2.83. The summed E-state index contributed by atoms with van der Waals surface area (Å²) in [5, 5.41) is 9.83. The molecule has 0 spiro atoms. The highest BCUT2D eigenvalue weighted by atomic mass is 16.3. The molecule has 0 heterocycles. The van der Waals surface area contributed by atoms with E-state index >= 15 is 0 Å². The number of carbonyl (C=O) groups is 1. The molecule has 0 radical (unpaired) electrons. The van der Waals surface area contributed by atoms with Crippen molar-refractivity contribution in [3.05, 3.63) is 23.8 Å². The molecule has 3 nitrogen and oxygen atoms in total. The van der Waals surface area contributed by atoms with E-state index in [4.69, 9.17) is 0 Å². The third-order valence-electron chi connectivity index (χ3n) is 3.73. The molecule has 0 aromatic heterocycles. The zero-order valence-electron chi connectivity index (χ0n) is 13.1. The standard InChI is InChI=1S/C17H27NO2/c1-5-7-13(3)10-11-18(17(20)6-2)15-9-8-14(4)16(19)12-15/h8-9,12-13,19H,5-7,10-11H2,1-4H3. The Morgan fingerprint density at radius 3 is 2.55 bits per heavy atom. The summed E-state index contributed by atoms with van der Waals surface area (Å²) < 4.78 is 0. The second-order valence-corrected chi connectivity index (χ2v) is 5.55. The quantitative estimate of drug-likeness (QED) is 0.808. The summed E-state index contributed by atoms with van der Waals surface area (Å²) in [5.41, 5.74) is 1.63. The van der Waals surface area contributed by atoms with Crippen molar-refractivity contribution < 1.29 is 9.90 Å². The van der Waals surface area contributed by atoms with Gasteiger partial charge in [0.05, 0.1) is 0 Å². The summed E-state index contributed by atoms with van der Waals surface area (Å²) >= 11 is 0. The number of anilines is 1. The Hall–Kier alpha value is -1.51. The molecular formula is C17H27NO2. The molecule has 0 aliphatic heterocycles. The molecule has 1 unspecified atom stereocenters. The first-order chi connectivity index (χ1) is 9.49. The Morgan fingerprint density at radius 1 is 1.30 bits per heavy atom. The van der Waals surface area contributed by atoms with Gasteiger partial charge in [0.2, 0.25) is 5.91 Å². The molecule has 0 aliphatic rings. The lowest BCUT2D eigenvalue weighted by atomic mass is 10.0. The van der Waals surface area contributed by atoms with Crippen LogP contribution in [0.3, 0.4) is 0 Å². The van der Waals surface area contributed by atoms with Crippen LogP contribution < -0.4 is 4.90 Å². The third-order valence-corrected chi connectivity index (χ3v) is 3.73. The third kappa shape index (κ3) is 4.55. The topological polar surface area (TPSA) is 40.5 Å². The van der Waals surface area contributed by atoms with Gasteiger partial charge in [-0.2, -0.15) is 0 Å². The minimum absolute atomic E-state index is 0.108. The highest BCUT2D eigenvalue weighted by molar-refractivity contribution is 5.93. The molecule has 1 aromatic rings. The minimum Gasteiger partial charge on any atom is -0.508 e. The van der Waals surface area contributed by atoms with E-state index in [1.54, 1.807) is 11.0 Å². The molecule has 3 heteroatoms. The van der Waals surface area contributed by atoms with E-state index in [1.807, 2.05) is 26.0 Å². The van der Waals surface area contributed by atoms with E-state index < -0.39 is 0 Å². The summed E-state index contributed by atoms with van der Waals surface area (Å²) in [7, 11) is 0. The monoisotopic (exact) mass is 277 g/mol. The van der Waals surface area contributed by atoms with Crippen LogP contribution in [-0.2, 0) is 4.79 Å². The van der Waals surface area contributed by atoms with Gasteiger partial charge in [-0.3, -0.25) is 4.79 Å². The maximum Gasteiger partial charge on any atom is 0.226 e. The van der Waals surface area contributed by atoms with Gasteiger partial charge in [-0.1, -0.05) is 39.7 Å². The van der Waals surface area contributed by atoms with Gasteiger partial charge in [-0.25, -0.2) is 0 Å². The first kappa shape index (κ1) is 16.5. The van der Waals surface area contributed by atoms with Crippen LogP contribution >= 0.6 is 0 Å². The van der Waals surface area contributed by atoms with E-state index in [1.165, 1.54) is 12.8 Å². The maximum absolute atomic E-state index is 12.1. The lowest BCUT2D eigenvalue weighted by Gasteiger charge is -2.24. The Kier molecular flexibility index (Phi) is 6.56. The second kappa shape index (κ2) is 7.93. The number of hydrogen-bond acceptors (Lipinski definition) is 2. The molecule has 0 bridgehead atoms. The number of aromatic hydroxyl groups is 1. The van der Waals surface area contributed by atoms with Gasteiger partial charge in [0.25, 0.3) is 0 Å². The molecule has 0 saturated carbocycles. The number of amides is 1. The first-order valence-electron chi connectivity index (χ1n) is 7.59. The Morgan fingerprint density at radius 2 is 2.00 bits per heavy atom. The summed E-state index contributed by atoms with van der Waals surface area (Å²) in [4.78, 5) is 13.9. The first-order valence-corrected chi connectivity index (χ1v) is 7.59. The van der Waals surface area contributed by atoms with Gasteiger partial charge in [0, 0.05) is 24.7 Å². The van der Waals surface area contributed by atoms with Crippen molar-refractivity contribution >= 4 is 11.6 Å². The second-order valence-electron chi connectivity index (χ2n) is 5.55. The molecule has 0 fully saturated rings. The fourth-order valence-corrected chi connectivity index (χ4v) is 2.34. The van der Waals surface area contributed by atoms with Crippen molar-refractivity contribution in [1.29, 1.82) is 0 Å². The number of rotatable bonds is 7. The van der Waals surface area contributed by atoms with Gasteiger partial charge >= 0.3 is 0 Å². The van der Waals surface area contributed by atoms with Gasteiger partial charge in [0.1, 0.15) is 5.75 Å². The lowest BCUT2D eigenvalue weighted by Crippen LogP contribution is -2.32. The fraction of sp³-hybridized carbons (Fsp3) is 0.588. The predicted molar refractivity (Wildman–Crippen MR) is 84.2 cm³/mol. The van der Waals surface area contributed by atoms with Crippen molar-refractivity contribution in [1.82, 2.24) is 0 Å². The van der Waals surface area contributed by atoms with Crippen molar-refractivity contribution in [3.63, 3.8) is 0 Å². The summed E-state index contributed by atoms with van der Waals surface area (Å²) in [6.07, 6.45) is 3.84. The molecule has 0 aliphatic carbocycles. The highest BCUT2D eigenvalue weighted by Gasteiger charge is 2.16. The normalized spacial score (nSPS) is 12.2. The van der Waals surface area contributed by atoms with Crippen LogP contribution in [0.2, 0.25) is 0 Å². The van der Waals surface area contributed by atoms with Crippen LogP contribution in [0.25, 0.3) is 0 Å². The highest BCUT2D eigenvalue weighted by Crippen LogP contribution is 2.25. The van der Waals surface area contributed by atoms with Gasteiger partial charge in [0.15, 0.2) is 0 Å². The van der Waals surface area contributed by atoms with Crippen LogP contribution in [0, 0.1) is 12.8 Å². The lowest BCUT2D eigenvalue weighted by molar-refractivity contribution is -0.118. The number of hydrogen-bond donors (Lipinski definition) is 1. The van der Waals surface area contributed by atoms with Crippen LogP contribution in [0.4, 0.5) is 5.69 Å². The zero-order valence-corrected chi connectivity index (χ0v) is 13.1. The van der Waals surface area contributed by atoms with Crippen LogP contribution in [0.15, 0.2) is 18.2 Å². The van der Waals surface area contributed by atoms with E-state index in [0.29, 0.717) is 12.3 Å². The molecule has 1 atom stereocenters. The number of nitrogens with zero attached hydrogens (tertiary/aromatic N) is 1. The van der Waals surface area contributed by atoms with Crippen LogP contribution in [0.5, 0.6) is 5.75 Å². The molecule has 1 N–H and O–H groups in total. The molecule has 20 heavy (non-hydrogen) atoms. The number of carbonyl (C=O) groups excluding carboxylic acids is 1. The summed E-state index contributed by atoms with van der Waals surface area (Å²) in [6, 6.07) is 5.45. The zero-order chi connectivity index (χ0) is 15.1. The largest absolute Gasteiger partial charge is 0.508 e. The Bertz CT molecular complexity index is 443. The molecule has 1 aromatic carbocycles. The summed E-state index contributed by atoms with van der Waals surface area (Å²) in [5.74, 6) is 0.973. The number of benzene rings is 1. The average molecular weight is 277 g/mol. The molecular weight excluding hydrogens is 250 g/mol. The van der Waals surface area contributed by atoms with Crippen LogP contribution in [-0.4, -0.2) is 17.6 Å². The number of phenolic OH excluding ortho intramolecular Hbond substituents is 1. The van der Waals surface area contributed by atoms with E-state index in [-0.39, 0.29) is 11.7 Å². The summed E-state index contributed by atoms with van der Waals surface area (Å²) in [6.45, 7) is 8.86. The van der Waals surface area contributed by atoms with E-state index in [0.717, 1.165) is 24.2 Å². The number of aryl methyl sites for hydroxylation is 1. The van der Waals surface area contributed by atoms with Crippen LogP contribution in [0.1, 0.15) is 52.0 Å². The number of phenols is 1. The molecule has 1 rings (SSSR count). The van der Waals surface area contributed by atoms with Gasteiger partial charge < -0.3 is 10.0 Å². The maximum atomic E-state index is 12.1. The van der Waals surface area contributed by atoms with Crippen molar-refractivity contribution in [3.8, 4) is 5.75 Å². The van der Waals surface area contributed by atoms with Gasteiger partial charge in [-0.15, -0.1) is 0 Å². The SMILES string of the molecule is CCCC(C)CCN(C(=O)CC)c1ccc(C)c(O)c1. The van der Waals surface area contributed by atoms with Crippen molar-refractivity contribution in [2.75, 3.05) is 11.4 Å². The average Bonchev–Trinajstić information content (AvgIpc) is 2.42. The molecule has 0 saturated heterocycles.